The van der Waals surface area contributed by atoms with Crippen LogP contribution in [0.25, 0.3) is 0 Å². The van der Waals surface area contributed by atoms with E-state index in [9.17, 15) is 9.59 Å². The van der Waals surface area contributed by atoms with Crippen molar-refractivity contribution in [2.75, 3.05) is 30.4 Å². The average molecular weight is 450 g/mol. The number of para-hydroxylation sites is 1. The van der Waals surface area contributed by atoms with Crippen molar-refractivity contribution in [1.29, 1.82) is 0 Å². The zero-order chi connectivity index (χ0) is 22.5. The number of urea groups is 1. The van der Waals surface area contributed by atoms with E-state index < -0.39 is 0 Å². The van der Waals surface area contributed by atoms with Gasteiger partial charge in [0, 0.05) is 25.3 Å². The first kappa shape index (κ1) is 21.7. The summed E-state index contributed by atoms with van der Waals surface area (Å²) in [7, 11) is 1.52. The second kappa shape index (κ2) is 9.75. The minimum atomic E-state index is -0.336. The van der Waals surface area contributed by atoms with Crippen LogP contribution >= 0.6 is 11.6 Å². The fourth-order valence-corrected chi connectivity index (χ4v) is 3.94. The standard InChI is InChI=1S/C25H24ClN3O3/c1-32-23-11-6-5-10-20(23)24(30)27-22-16-19(12-13-21(22)26)29-15-7-14-28(25(29)31)17-18-8-3-2-4-9-18/h2-6,8-13,16H,7,14-15,17H2,1H3,(H,27,30). The number of hydrogen-bond acceptors (Lipinski definition) is 3. The molecule has 0 saturated carbocycles. The molecule has 4 rings (SSSR count). The largest absolute Gasteiger partial charge is 0.496 e. The molecule has 3 aromatic carbocycles. The zero-order valence-electron chi connectivity index (χ0n) is 17.8. The predicted octanol–water partition coefficient (Wildman–Crippen LogP) is 5.43. The summed E-state index contributed by atoms with van der Waals surface area (Å²) in [6.07, 6.45) is 0.851. The van der Waals surface area contributed by atoms with Crippen molar-refractivity contribution in [3.05, 3.63) is 88.9 Å². The van der Waals surface area contributed by atoms with Gasteiger partial charge in [-0.3, -0.25) is 9.69 Å². The van der Waals surface area contributed by atoms with E-state index in [1.165, 1.54) is 7.11 Å². The number of halogens is 1. The first-order chi connectivity index (χ1) is 15.6. The van der Waals surface area contributed by atoms with Crippen molar-refractivity contribution >= 4 is 34.9 Å². The second-order valence-electron chi connectivity index (χ2n) is 7.51. The summed E-state index contributed by atoms with van der Waals surface area (Å²) in [5.41, 5.74) is 2.61. The third-order valence-electron chi connectivity index (χ3n) is 5.39. The lowest BCUT2D eigenvalue weighted by Gasteiger charge is -2.36. The van der Waals surface area contributed by atoms with E-state index in [0.29, 0.717) is 47.3 Å². The predicted molar refractivity (Wildman–Crippen MR) is 127 cm³/mol. The number of benzene rings is 3. The average Bonchev–Trinajstić information content (AvgIpc) is 2.82. The van der Waals surface area contributed by atoms with Gasteiger partial charge < -0.3 is 15.0 Å². The van der Waals surface area contributed by atoms with Crippen molar-refractivity contribution in [3.8, 4) is 5.75 Å². The molecule has 1 aliphatic rings. The zero-order valence-corrected chi connectivity index (χ0v) is 18.5. The Morgan fingerprint density at radius 2 is 1.78 bits per heavy atom. The third-order valence-corrected chi connectivity index (χ3v) is 5.72. The van der Waals surface area contributed by atoms with E-state index in [1.807, 2.05) is 35.2 Å². The molecule has 1 aliphatic heterocycles. The lowest BCUT2D eigenvalue weighted by atomic mass is 10.1. The quantitative estimate of drug-likeness (QED) is 0.545. The number of nitrogens with zero attached hydrogens (tertiary/aromatic N) is 2. The maximum absolute atomic E-state index is 13.2. The van der Waals surface area contributed by atoms with Crippen LogP contribution in [0.4, 0.5) is 16.2 Å². The summed E-state index contributed by atoms with van der Waals surface area (Å²) in [6, 6.07) is 22.1. The molecular weight excluding hydrogens is 426 g/mol. The van der Waals surface area contributed by atoms with Crippen molar-refractivity contribution in [1.82, 2.24) is 4.90 Å². The van der Waals surface area contributed by atoms with Crippen LogP contribution in [0.1, 0.15) is 22.3 Å². The highest BCUT2D eigenvalue weighted by atomic mass is 35.5. The molecule has 3 amide bonds. The van der Waals surface area contributed by atoms with Gasteiger partial charge in [-0.15, -0.1) is 0 Å². The van der Waals surface area contributed by atoms with Crippen LogP contribution < -0.4 is 15.0 Å². The Labute approximate surface area is 192 Å². The molecule has 1 heterocycles. The first-order valence-corrected chi connectivity index (χ1v) is 10.8. The van der Waals surface area contributed by atoms with Gasteiger partial charge in [-0.25, -0.2) is 4.79 Å². The topological polar surface area (TPSA) is 61.9 Å². The highest BCUT2D eigenvalue weighted by Gasteiger charge is 2.27. The van der Waals surface area contributed by atoms with Gasteiger partial charge >= 0.3 is 6.03 Å². The van der Waals surface area contributed by atoms with Crippen molar-refractivity contribution < 1.29 is 14.3 Å². The summed E-state index contributed by atoms with van der Waals surface area (Å²) in [5.74, 6) is 0.136. The number of ether oxygens (including phenoxy) is 1. The van der Waals surface area contributed by atoms with Crippen LogP contribution in [0.3, 0.4) is 0 Å². The number of rotatable bonds is 6. The molecule has 3 aromatic rings. The lowest BCUT2D eigenvalue weighted by molar-refractivity contribution is 0.102. The SMILES string of the molecule is COc1ccccc1C(=O)Nc1cc(N2CCCN(Cc3ccccc3)C2=O)ccc1Cl. The van der Waals surface area contributed by atoms with E-state index in [1.54, 1.807) is 47.4 Å². The Morgan fingerprint density at radius 3 is 2.56 bits per heavy atom. The maximum Gasteiger partial charge on any atom is 0.324 e. The number of hydrogen-bond donors (Lipinski definition) is 1. The van der Waals surface area contributed by atoms with Crippen molar-refractivity contribution in [3.63, 3.8) is 0 Å². The first-order valence-electron chi connectivity index (χ1n) is 10.4. The van der Waals surface area contributed by atoms with Gasteiger partial charge in [-0.05, 0) is 42.3 Å². The van der Waals surface area contributed by atoms with Crippen molar-refractivity contribution in [2.45, 2.75) is 13.0 Å². The van der Waals surface area contributed by atoms with Gasteiger partial charge in [0.15, 0.2) is 0 Å². The van der Waals surface area contributed by atoms with E-state index in [0.717, 1.165) is 12.0 Å². The fraction of sp³-hybridized carbons (Fsp3) is 0.200. The number of carbonyl (C=O) groups is 2. The van der Waals surface area contributed by atoms with Crippen LogP contribution in [0.15, 0.2) is 72.8 Å². The molecule has 32 heavy (non-hydrogen) atoms. The number of amides is 3. The van der Waals surface area contributed by atoms with Gasteiger partial charge in [0.1, 0.15) is 5.75 Å². The van der Waals surface area contributed by atoms with E-state index in [2.05, 4.69) is 5.32 Å². The molecule has 6 nitrogen and oxygen atoms in total. The molecular formula is C25H24ClN3O3. The van der Waals surface area contributed by atoms with Gasteiger partial charge in [-0.1, -0.05) is 54.1 Å². The molecule has 0 radical (unpaired) electrons. The number of anilines is 2. The summed E-state index contributed by atoms with van der Waals surface area (Å²) < 4.78 is 5.28. The van der Waals surface area contributed by atoms with Crippen LogP contribution in [0.2, 0.25) is 5.02 Å². The Bertz CT molecular complexity index is 1120. The maximum atomic E-state index is 13.2. The van der Waals surface area contributed by atoms with Gasteiger partial charge in [-0.2, -0.15) is 0 Å². The number of carbonyl (C=O) groups excluding carboxylic acids is 2. The van der Waals surface area contributed by atoms with Gasteiger partial charge in [0.2, 0.25) is 0 Å². The molecule has 0 bridgehead atoms. The van der Waals surface area contributed by atoms with E-state index in [4.69, 9.17) is 16.3 Å². The highest BCUT2D eigenvalue weighted by Crippen LogP contribution is 2.31. The minimum absolute atomic E-state index is 0.0653. The van der Waals surface area contributed by atoms with Crippen LogP contribution in [0, 0.1) is 0 Å². The van der Waals surface area contributed by atoms with E-state index in [-0.39, 0.29) is 11.9 Å². The van der Waals surface area contributed by atoms with Crippen LogP contribution in [-0.4, -0.2) is 37.0 Å². The molecule has 1 N–H and O–H groups in total. The molecule has 7 heteroatoms. The van der Waals surface area contributed by atoms with Crippen molar-refractivity contribution in [2.24, 2.45) is 0 Å². The molecule has 164 valence electrons. The van der Waals surface area contributed by atoms with E-state index >= 15 is 0 Å². The smallest absolute Gasteiger partial charge is 0.324 e. The monoisotopic (exact) mass is 449 g/mol. The summed E-state index contributed by atoms with van der Waals surface area (Å²) in [5, 5.41) is 3.24. The van der Waals surface area contributed by atoms with Gasteiger partial charge in [0.25, 0.3) is 5.91 Å². The molecule has 0 aliphatic carbocycles. The Morgan fingerprint density at radius 1 is 1.03 bits per heavy atom. The molecule has 0 aromatic heterocycles. The minimum Gasteiger partial charge on any atom is -0.496 e. The molecule has 1 fully saturated rings. The Kier molecular flexibility index (Phi) is 6.61. The Hall–Kier alpha value is -3.51. The summed E-state index contributed by atoms with van der Waals surface area (Å²) >= 11 is 6.35. The molecule has 0 unspecified atom stereocenters. The Balaban J connectivity index is 1.54. The van der Waals surface area contributed by atoms with Gasteiger partial charge in [0.05, 0.1) is 23.4 Å². The molecule has 1 saturated heterocycles. The number of methoxy groups -OCH3 is 1. The lowest BCUT2D eigenvalue weighted by Crippen LogP contribution is -2.49. The fourth-order valence-electron chi connectivity index (χ4n) is 3.77. The summed E-state index contributed by atoms with van der Waals surface area (Å²) in [6.45, 7) is 1.86. The molecule has 0 spiro atoms. The highest BCUT2D eigenvalue weighted by molar-refractivity contribution is 6.34. The third kappa shape index (κ3) is 4.70. The number of nitrogens with one attached hydrogen (secondary N) is 1. The normalized spacial score (nSPS) is 13.8. The molecule has 0 atom stereocenters. The second-order valence-corrected chi connectivity index (χ2v) is 7.92. The van der Waals surface area contributed by atoms with Crippen LogP contribution in [0.5, 0.6) is 5.75 Å². The van der Waals surface area contributed by atoms with Crippen LogP contribution in [-0.2, 0) is 6.54 Å². The summed E-state index contributed by atoms with van der Waals surface area (Å²) in [4.78, 5) is 29.5.